The lowest BCUT2D eigenvalue weighted by molar-refractivity contribution is -0.147. The molecule has 2 aliphatic rings. The van der Waals surface area contributed by atoms with Crippen LogP contribution < -0.4 is 9.47 Å². The number of nitrogens with zero attached hydrogens (tertiary/aromatic N) is 2. The molecular formula is C25H40N2O4. The van der Waals surface area contributed by atoms with Gasteiger partial charge in [0.1, 0.15) is 0 Å². The van der Waals surface area contributed by atoms with Crippen LogP contribution in [0.4, 0.5) is 0 Å². The van der Waals surface area contributed by atoms with Gasteiger partial charge >= 0.3 is 5.97 Å². The molecule has 3 unspecified atom stereocenters. The van der Waals surface area contributed by atoms with Crippen molar-refractivity contribution in [2.75, 3.05) is 54.6 Å². The van der Waals surface area contributed by atoms with Crippen LogP contribution in [-0.4, -0.2) is 70.3 Å². The second-order valence-corrected chi connectivity index (χ2v) is 9.79. The molecule has 6 nitrogen and oxygen atoms in total. The number of hydrogen-bond acceptors (Lipinski definition) is 6. The number of methoxy groups -OCH3 is 2. The smallest absolute Gasteiger partial charge is 0.307 e. The fourth-order valence-corrected chi connectivity index (χ4v) is 5.17. The Balaban J connectivity index is 1.77. The van der Waals surface area contributed by atoms with Gasteiger partial charge in [-0.15, -0.1) is 0 Å². The summed E-state index contributed by atoms with van der Waals surface area (Å²) in [6, 6.07) is 4.65. The van der Waals surface area contributed by atoms with Gasteiger partial charge in [-0.05, 0) is 74.4 Å². The summed E-state index contributed by atoms with van der Waals surface area (Å²) in [6.45, 7) is 7.96. The molecule has 0 saturated carbocycles. The summed E-state index contributed by atoms with van der Waals surface area (Å²) in [7, 11) is 7.34. The molecule has 3 atom stereocenters. The van der Waals surface area contributed by atoms with Crippen LogP contribution in [0.15, 0.2) is 12.1 Å². The standard InChI is InChI=1S/C25H40N2O4/c1-17(2)11-19-15-27-10-7-18-13-23(29-5)24(30-6)14-21(18)22(27)12-20(19)16-31-25(28)8-9-26(3)4/h13-14,17,19-20,22H,7-12,15-16H2,1-6H3. The van der Waals surface area contributed by atoms with Crippen LogP contribution in [-0.2, 0) is 16.0 Å². The van der Waals surface area contributed by atoms with Crippen LogP contribution >= 0.6 is 0 Å². The number of ether oxygens (including phenoxy) is 3. The lowest BCUT2D eigenvalue weighted by Gasteiger charge is -2.47. The van der Waals surface area contributed by atoms with Crippen LogP contribution in [0.2, 0.25) is 0 Å². The highest BCUT2D eigenvalue weighted by Crippen LogP contribution is 2.45. The minimum absolute atomic E-state index is 0.0881. The minimum Gasteiger partial charge on any atom is -0.493 e. The SMILES string of the molecule is COc1cc2c(cc1OC)C1CC(COC(=O)CCN(C)C)C(CC(C)C)CN1CC2. The topological polar surface area (TPSA) is 51.2 Å². The third kappa shape index (κ3) is 5.92. The number of esters is 1. The Morgan fingerprint density at radius 1 is 1.16 bits per heavy atom. The molecule has 6 heteroatoms. The number of carbonyl (C=O) groups is 1. The predicted octanol–water partition coefficient (Wildman–Crippen LogP) is 3.78. The van der Waals surface area contributed by atoms with E-state index in [-0.39, 0.29) is 5.97 Å². The monoisotopic (exact) mass is 432 g/mol. The highest BCUT2D eigenvalue weighted by atomic mass is 16.5. The molecule has 31 heavy (non-hydrogen) atoms. The van der Waals surface area contributed by atoms with E-state index in [4.69, 9.17) is 14.2 Å². The van der Waals surface area contributed by atoms with Gasteiger partial charge in [-0.1, -0.05) is 13.8 Å². The molecule has 174 valence electrons. The van der Waals surface area contributed by atoms with E-state index < -0.39 is 0 Å². The number of carbonyl (C=O) groups excluding carboxylic acids is 1. The summed E-state index contributed by atoms with van der Waals surface area (Å²) in [5.74, 6) is 3.07. The molecule has 2 heterocycles. The molecule has 0 N–H and O–H groups in total. The number of rotatable bonds is 9. The molecule has 0 aromatic heterocycles. The maximum atomic E-state index is 12.3. The fourth-order valence-electron chi connectivity index (χ4n) is 5.17. The van der Waals surface area contributed by atoms with Crippen molar-refractivity contribution in [3.05, 3.63) is 23.3 Å². The normalized spacial score (nSPS) is 23.4. The van der Waals surface area contributed by atoms with Crippen molar-refractivity contribution in [2.24, 2.45) is 17.8 Å². The molecular weight excluding hydrogens is 392 g/mol. The van der Waals surface area contributed by atoms with E-state index in [1.54, 1.807) is 14.2 Å². The molecule has 1 saturated heterocycles. The van der Waals surface area contributed by atoms with Crippen molar-refractivity contribution < 1.29 is 19.0 Å². The first kappa shape index (κ1) is 23.9. The van der Waals surface area contributed by atoms with Gasteiger partial charge in [0.2, 0.25) is 0 Å². The van der Waals surface area contributed by atoms with Gasteiger partial charge in [0, 0.05) is 25.7 Å². The zero-order chi connectivity index (χ0) is 22.5. The van der Waals surface area contributed by atoms with Gasteiger partial charge < -0.3 is 19.1 Å². The summed E-state index contributed by atoms with van der Waals surface area (Å²) in [5.41, 5.74) is 2.69. The van der Waals surface area contributed by atoms with Gasteiger partial charge in [-0.25, -0.2) is 0 Å². The molecule has 0 amide bonds. The quantitative estimate of drug-likeness (QED) is 0.554. The van der Waals surface area contributed by atoms with E-state index in [9.17, 15) is 4.79 Å². The average Bonchev–Trinajstić information content (AvgIpc) is 2.74. The maximum Gasteiger partial charge on any atom is 0.307 e. The highest BCUT2D eigenvalue weighted by molar-refractivity contribution is 5.69. The molecule has 0 aliphatic carbocycles. The van der Waals surface area contributed by atoms with Gasteiger partial charge in [-0.2, -0.15) is 0 Å². The molecule has 3 rings (SSSR count). The Kier molecular flexibility index (Phi) is 8.23. The van der Waals surface area contributed by atoms with E-state index in [0.29, 0.717) is 36.8 Å². The van der Waals surface area contributed by atoms with Gasteiger partial charge in [-0.3, -0.25) is 9.69 Å². The van der Waals surface area contributed by atoms with Crippen LogP contribution in [0.25, 0.3) is 0 Å². The third-order valence-electron chi connectivity index (χ3n) is 6.77. The first-order chi connectivity index (χ1) is 14.8. The number of fused-ring (bicyclic) bond motifs is 3. The Morgan fingerprint density at radius 3 is 2.52 bits per heavy atom. The summed E-state index contributed by atoms with van der Waals surface area (Å²) >= 11 is 0. The maximum absolute atomic E-state index is 12.3. The van der Waals surface area contributed by atoms with Crippen molar-refractivity contribution in [2.45, 2.75) is 45.6 Å². The second kappa shape index (κ2) is 10.7. The van der Waals surface area contributed by atoms with Gasteiger partial charge in [0.05, 0.1) is 27.2 Å². The van der Waals surface area contributed by atoms with E-state index >= 15 is 0 Å². The number of piperidine rings is 1. The summed E-state index contributed by atoms with van der Waals surface area (Å²) < 4.78 is 16.9. The first-order valence-electron chi connectivity index (χ1n) is 11.6. The van der Waals surface area contributed by atoms with E-state index in [1.807, 2.05) is 19.0 Å². The van der Waals surface area contributed by atoms with Crippen molar-refractivity contribution in [1.82, 2.24) is 9.80 Å². The molecule has 0 bridgehead atoms. The van der Waals surface area contributed by atoms with Crippen molar-refractivity contribution in [3.63, 3.8) is 0 Å². The van der Waals surface area contributed by atoms with Crippen LogP contribution in [0.1, 0.15) is 50.3 Å². The fraction of sp³-hybridized carbons (Fsp3) is 0.720. The van der Waals surface area contributed by atoms with E-state index in [2.05, 4.69) is 30.9 Å². The first-order valence-corrected chi connectivity index (χ1v) is 11.6. The molecule has 1 aromatic carbocycles. The van der Waals surface area contributed by atoms with Crippen LogP contribution in [0.5, 0.6) is 11.5 Å². The van der Waals surface area contributed by atoms with Crippen LogP contribution in [0.3, 0.4) is 0 Å². The van der Waals surface area contributed by atoms with Gasteiger partial charge in [0.25, 0.3) is 0 Å². The highest BCUT2D eigenvalue weighted by Gasteiger charge is 2.40. The minimum atomic E-state index is -0.0881. The zero-order valence-corrected chi connectivity index (χ0v) is 20.1. The molecule has 0 spiro atoms. The van der Waals surface area contributed by atoms with Gasteiger partial charge in [0.15, 0.2) is 11.5 Å². The Bertz CT molecular complexity index is 749. The zero-order valence-electron chi connectivity index (χ0n) is 20.1. The molecule has 1 fully saturated rings. The van der Waals surface area contributed by atoms with E-state index in [1.165, 1.54) is 17.5 Å². The predicted molar refractivity (Wildman–Crippen MR) is 123 cm³/mol. The summed E-state index contributed by atoms with van der Waals surface area (Å²) in [4.78, 5) is 16.9. The Morgan fingerprint density at radius 2 is 1.87 bits per heavy atom. The second-order valence-electron chi connectivity index (χ2n) is 9.79. The largest absolute Gasteiger partial charge is 0.493 e. The number of hydrogen-bond donors (Lipinski definition) is 0. The molecule has 2 aliphatic heterocycles. The average molecular weight is 433 g/mol. The van der Waals surface area contributed by atoms with Crippen molar-refractivity contribution in [3.8, 4) is 11.5 Å². The molecule has 1 aromatic rings. The van der Waals surface area contributed by atoms with E-state index in [0.717, 1.165) is 44.0 Å². The Labute approximate surface area is 187 Å². The van der Waals surface area contributed by atoms with Crippen LogP contribution in [0, 0.1) is 17.8 Å². The van der Waals surface area contributed by atoms with Crippen molar-refractivity contribution in [1.29, 1.82) is 0 Å². The molecule has 0 radical (unpaired) electrons. The van der Waals surface area contributed by atoms with Crippen molar-refractivity contribution >= 4 is 5.97 Å². The number of benzene rings is 1. The third-order valence-corrected chi connectivity index (χ3v) is 6.77. The summed E-state index contributed by atoms with van der Waals surface area (Å²) in [5, 5.41) is 0. The summed E-state index contributed by atoms with van der Waals surface area (Å²) in [6.07, 6.45) is 3.66. The lowest BCUT2D eigenvalue weighted by Crippen LogP contribution is -2.47. The lowest BCUT2D eigenvalue weighted by atomic mass is 9.74. The Hall–Kier alpha value is -1.79.